The third-order valence-corrected chi connectivity index (χ3v) is 3.57. The summed E-state index contributed by atoms with van der Waals surface area (Å²) in [5.74, 6) is -2.71. The van der Waals surface area contributed by atoms with Gasteiger partial charge in [0.1, 0.15) is 6.29 Å². The fourth-order valence-corrected chi connectivity index (χ4v) is 2.76. The largest absolute Gasteiger partial charge is 0.481 e. The summed E-state index contributed by atoms with van der Waals surface area (Å²) < 4.78 is 5.49. The Morgan fingerprint density at radius 2 is 1.94 bits per heavy atom. The number of carboxylic acids is 1. The van der Waals surface area contributed by atoms with E-state index in [1.807, 2.05) is 0 Å². The van der Waals surface area contributed by atoms with Crippen LogP contribution in [0, 0.1) is 11.8 Å². The van der Waals surface area contributed by atoms with Gasteiger partial charge in [-0.05, 0) is 12.8 Å². The Kier molecular flexibility index (Phi) is 3.15. The van der Waals surface area contributed by atoms with Crippen molar-refractivity contribution in [2.24, 2.45) is 11.8 Å². The lowest BCUT2D eigenvalue weighted by Gasteiger charge is -2.27. The maximum absolute atomic E-state index is 12.1. The van der Waals surface area contributed by atoms with Gasteiger partial charge in [0, 0.05) is 7.05 Å². The molecule has 2 rings (SSSR count). The molecule has 1 N–H and O–H groups in total. The van der Waals surface area contributed by atoms with Crippen LogP contribution in [0.1, 0.15) is 12.8 Å². The van der Waals surface area contributed by atoms with Crippen molar-refractivity contribution in [3.8, 4) is 0 Å². The summed E-state index contributed by atoms with van der Waals surface area (Å²) in [5, 5.41) is 9.15. The number of aldehydes is 1. The van der Waals surface area contributed by atoms with E-state index >= 15 is 0 Å². The number of carboxylic acid groups (broad SMARTS) is 1. The number of carbonyl (C=O) groups is 3. The highest BCUT2D eigenvalue weighted by Crippen LogP contribution is 2.44. The highest BCUT2D eigenvalue weighted by molar-refractivity contribution is 5.87. The molecule has 0 aromatic carbocycles. The molecule has 2 bridgehead atoms. The zero-order chi connectivity index (χ0) is 12.6. The molecule has 0 aromatic rings. The van der Waals surface area contributed by atoms with Crippen molar-refractivity contribution in [3.63, 3.8) is 0 Å². The smallest absolute Gasteiger partial charge is 0.310 e. The molecule has 0 spiro atoms. The maximum Gasteiger partial charge on any atom is 0.310 e. The van der Waals surface area contributed by atoms with Gasteiger partial charge in [-0.15, -0.1) is 0 Å². The summed E-state index contributed by atoms with van der Waals surface area (Å²) >= 11 is 0. The third kappa shape index (κ3) is 1.93. The highest BCUT2D eigenvalue weighted by atomic mass is 16.5. The van der Waals surface area contributed by atoms with E-state index in [1.165, 1.54) is 11.9 Å². The van der Waals surface area contributed by atoms with Crippen LogP contribution in [0.2, 0.25) is 0 Å². The van der Waals surface area contributed by atoms with E-state index in [-0.39, 0.29) is 24.7 Å². The summed E-state index contributed by atoms with van der Waals surface area (Å²) in [7, 11) is 1.50. The number of aliphatic carboxylic acids is 1. The minimum Gasteiger partial charge on any atom is -0.481 e. The molecule has 2 saturated heterocycles. The zero-order valence-corrected chi connectivity index (χ0v) is 9.54. The molecule has 1 amide bonds. The maximum atomic E-state index is 12.1. The second-order valence-electron chi connectivity index (χ2n) is 4.57. The molecular formula is C11H15NO5. The number of likely N-dealkylation sites (N-methyl/N-ethyl adjacent to an activating group) is 1. The van der Waals surface area contributed by atoms with Crippen molar-refractivity contribution in [2.75, 3.05) is 13.6 Å². The minimum atomic E-state index is -0.991. The second-order valence-corrected chi connectivity index (χ2v) is 4.57. The normalized spacial score (nSPS) is 34.6. The molecule has 0 radical (unpaired) electrons. The van der Waals surface area contributed by atoms with Crippen LogP contribution in [-0.4, -0.2) is 54.0 Å². The number of rotatable bonds is 4. The summed E-state index contributed by atoms with van der Waals surface area (Å²) in [6.07, 6.45) is 1.39. The molecule has 17 heavy (non-hydrogen) atoms. The number of fused-ring (bicyclic) bond motifs is 2. The standard InChI is InChI=1S/C11H15NO5/c1-12(4-5-13)10(14)8-6-2-3-7(17-6)9(8)11(15)16/h5-9H,2-4H2,1H3,(H,15,16). The van der Waals surface area contributed by atoms with E-state index in [4.69, 9.17) is 9.84 Å². The van der Waals surface area contributed by atoms with Crippen LogP contribution in [0.5, 0.6) is 0 Å². The molecule has 0 saturated carbocycles. The summed E-state index contributed by atoms with van der Waals surface area (Å²) in [6.45, 7) is -0.0148. The van der Waals surface area contributed by atoms with Gasteiger partial charge in [-0.25, -0.2) is 0 Å². The Labute approximate surface area is 98.5 Å². The zero-order valence-electron chi connectivity index (χ0n) is 9.54. The SMILES string of the molecule is CN(CC=O)C(=O)C1C2CCC(O2)C1C(=O)O. The lowest BCUT2D eigenvalue weighted by atomic mass is 9.78. The number of carbonyl (C=O) groups excluding carboxylic acids is 2. The van der Waals surface area contributed by atoms with Crippen molar-refractivity contribution in [1.82, 2.24) is 4.90 Å². The highest BCUT2D eigenvalue weighted by Gasteiger charge is 2.56. The number of hydrogen-bond acceptors (Lipinski definition) is 4. The van der Waals surface area contributed by atoms with Crippen molar-refractivity contribution in [1.29, 1.82) is 0 Å². The van der Waals surface area contributed by atoms with E-state index in [9.17, 15) is 14.4 Å². The van der Waals surface area contributed by atoms with E-state index < -0.39 is 17.8 Å². The summed E-state index contributed by atoms with van der Waals surface area (Å²) in [5.41, 5.74) is 0. The van der Waals surface area contributed by atoms with Crippen LogP contribution < -0.4 is 0 Å². The van der Waals surface area contributed by atoms with Crippen LogP contribution in [0.25, 0.3) is 0 Å². The second kappa shape index (κ2) is 4.44. The van der Waals surface area contributed by atoms with Crippen LogP contribution in [0.15, 0.2) is 0 Å². The molecule has 2 heterocycles. The van der Waals surface area contributed by atoms with E-state index in [2.05, 4.69) is 0 Å². The van der Waals surface area contributed by atoms with Crippen LogP contribution in [0.4, 0.5) is 0 Å². The van der Waals surface area contributed by atoms with E-state index in [0.29, 0.717) is 12.7 Å². The summed E-state index contributed by atoms with van der Waals surface area (Å²) in [6, 6.07) is 0. The third-order valence-electron chi connectivity index (χ3n) is 3.57. The molecule has 0 aliphatic carbocycles. The van der Waals surface area contributed by atoms with Gasteiger partial charge >= 0.3 is 5.97 Å². The topological polar surface area (TPSA) is 83.9 Å². The Balaban J connectivity index is 2.15. The van der Waals surface area contributed by atoms with Crippen molar-refractivity contribution in [2.45, 2.75) is 25.0 Å². The fraction of sp³-hybridized carbons (Fsp3) is 0.727. The molecule has 4 unspecified atom stereocenters. The molecule has 2 fully saturated rings. The average Bonchev–Trinajstić information content (AvgIpc) is 2.87. The fourth-order valence-electron chi connectivity index (χ4n) is 2.76. The van der Waals surface area contributed by atoms with Gasteiger partial charge in [0.05, 0.1) is 30.6 Å². The predicted octanol–water partition coefficient (Wildman–Crippen LogP) is -0.478. The van der Waals surface area contributed by atoms with Gasteiger partial charge in [0.25, 0.3) is 0 Å². The Morgan fingerprint density at radius 1 is 1.35 bits per heavy atom. The van der Waals surface area contributed by atoms with Crippen molar-refractivity contribution < 1.29 is 24.2 Å². The number of ether oxygens (including phenoxy) is 1. The quantitative estimate of drug-likeness (QED) is 0.672. The Hall–Kier alpha value is -1.43. The van der Waals surface area contributed by atoms with Crippen molar-refractivity contribution >= 4 is 18.2 Å². The van der Waals surface area contributed by atoms with Gasteiger partial charge in [0.2, 0.25) is 5.91 Å². The summed E-state index contributed by atoms with van der Waals surface area (Å²) in [4.78, 5) is 34.9. The van der Waals surface area contributed by atoms with Gasteiger partial charge in [-0.1, -0.05) is 0 Å². The number of nitrogens with zero attached hydrogens (tertiary/aromatic N) is 1. The molecule has 0 aromatic heterocycles. The van der Waals surface area contributed by atoms with Crippen molar-refractivity contribution in [3.05, 3.63) is 0 Å². The van der Waals surface area contributed by atoms with Crippen LogP contribution >= 0.6 is 0 Å². The van der Waals surface area contributed by atoms with Gasteiger partial charge in [-0.2, -0.15) is 0 Å². The number of hydrogen-bond donors (Lipinski definition) is 1. The Morgan fingerprint density at radius 3 is 2.47 bits per heavy atom. The first-order valence-electron chi connectivity index (χ1n) is 5.63. The molecule has 6 heteroatoms. The lowest BCUT2D eigenvalue weighted by Crippen LogP contribution is -2.45. The predicted molar refractivity (Wildman–Crippen MR) is 56.2 cm³/mol. The monoisotopic (exact) mass is 241 g/mol. The molecule has 4 atom stereocenters. The van der Waals surface area contributed by atoms with E-state index in [1.54, 1.807) is 0 Å². The van der Waals surface area contributed by atoms with Gasteiger partial charge < -0.3 is 19.5 Å². The molecule has 6 nitrogen and oxygen atoms in total. The first kappa shape index (κ1) is 12.0. The minimum absolute atomic E-state index is 0.0148. The average molecular weight is 241 g/mol. The van der Waals surface area contributed by atoms with Gasteiger partial charge in [0.15, 0.2) is 0 Å². The van der Waals surface area contributed by atoms with Gasteiger partial charge in [-0.3, -0.25) is 9.59 Å². The van der Waals surface area contributed by atoms with E-state index in [0.717, 1.165) is 6.42 Å². The number of amides is 1. The van der Waals surface area contributed by atoms with Crippen LogP contribution in [0.3, 0.4) is 0 Å². The first-order chi connectivity index (χ1) is 8.06. The first-order valence-corrected chi connectivity index (χ1v) is 5.63. The molecule has 2 aliphatic rings. The van der Waals surface area contributed by atoms with Crippen LogP contribution in [-0.2, 0) is 19.1 Å². The molecule has 94 valence electrons. The molecule has 2 aliphatic heterocycles. The molecular weight excluding hydrogens is 226 g/mol. The lowest BCUT2D eigenvalue weighted by molar-refractivity contribution is -0.150. The Bertz CT molecular complexity index is 356.